The van der Waals surface area contributed by atoms with Gasteiger partial charge in [-0.1, -0.05) is 25.1 Å². The van der Waals surface area contributed by atoms with E-state index in [1.165, 1.54) is 16.5 Å². The maximum atomic E-state index is 9.10. The lowest BCUT2D eigenvalue weighted by Gasteiger charge is -2.12. The summed E-state index contributed by atoms with van der Waals surface area (Å²) >= 11 is 0. The van der Waals surface area contributed by atoms with Crippen molar-refractivity contribution in [3.05, 3.63) is 36.0 Å². The lowest BCUT2D eigenvalue weighted by Crippen LogP contribution is -2.20. The minimum Gasteiger partial charge on any atom is -0.473 e. The Balaban J connectivity index is 0.000000315. The molecule has 0 aliphatic rings. The summed E-state index contributed by atoms with van der Waals surface area (Å²) in [7, 11) is 2.16. The molecule has 0 atom stereocenters. The minimum absolute atomic E-state index is 1.11. The molecule has 0 saturated carbocycles. The molecule has 114 valence electrons. The van der Waals surface area contributed by atoms with Crippen LogP contribution in [0.1, 0.15) is 12.5 Å². The molecule has 21 heavy (non-hydrogen) atoms. The first-order valence-electron chi connectivity index (χ1n) is 6.65. The highest BCUT2D eigenvalue weighted by molar-refractivity contribution is 6.27. The number of carboxylic acid groups (broad SMARTS) is 2. The average Bonchev–Trinajstić information content (AvgIpc) is 2.88. The number of nitrogens with one attached hydrogen (secondary N) is 1. The fraction of sp³-hybridized carbons (Fsp3) is 0.333. The van der Waals surface area contributed by atoms with Gasteiger partial charge in [-0.15, -0.1) is 0 Å². The Morgan fingerprint density at radius 1 is 1.19 bits per heavy atom. The highest BCUT2D eigenvalue weighted by atomic mass is 16.4. The molecule has 0 aliphatic heterocycles. The molecule has 0 saturated heterocycles. The number of aromatic amines is 1. The van der Waals surface area contributed by atoms with E-state index in [2.05, 4.69) is 54.3 Å². The molecule has 0 unspecified atom stereocenters. The third kappa shape index (κ3) is 5.27. The zero-order chi connectivity index (χ0) is 15.8. The van der Waals surface area contributed by atoms with Crippen LogP contribution in [0.4, 0.5) is 0 Å². The molecule has 3 N–H and O–H groups in total. The summed E-state index contributed by atoms with van der Waals surface area (Å²) in [6.07, 6.45) is 3.25. The summed E-state index contributed by atoms with van der Waals surface area (Å²) in [5.74, 6) is -3.65. The number of H-pyrrole nitrogens is 1. The Morgan fingerprint density at radius 3 is 2.38 bits per heavy atom. The first-order chi connectivity index (χ1) is 9.95. The first-order valence-corrected chi connectivity index (χ1v) is 6.65. The van der Waals surface area contributed by atoms with Crippen molar-refractivity contribution >= 4 is 22.8 Å². The summed E-state index contributed by atoms with van der Waals surface area (Å²) in [6, 6.07) is 8.49. The number of aromatic nitrogens is 1. The molecular weight excluding hydrogens is 272 g/mol. The minimum atomic E-state index is -1.82. The van der Waals surface area contributed by atoms with Crippen molar-refractivity contribution in [3.63, 3.8) is 0 Å². The van der Waals surface area contributed by atoms with Crippen LogP contribution in [-0.4, -0.2) is 52.2 Å². The van der Waals surface area contributed by atoms with E-state index in [1.807, 2.05) is 0 Å². The summed E-state index contributed by atoms with van der Waals surface area (Å²) in [5.41, 5.74) is 2.66. The maximum Gasteiger partial charge on any atom is 0.414 e. The second kappa shape index (κ2) is 8.06. The van der Waals surface area contributed by atoms with Crippen LogP contribution in [0, 0.1) is 0 Å². The second-order valence-electron chi connectivity index (χ2n) is 4.62. The number of hydrogen-bond donors (Lipinski definition) is 3. The van der Waals surface area contributed by atoms with Crippen LogP contribution >= 0.6 is 0 Å². The van der Waals surface area contributed by atoms with Crippen molar-refractivity contribution in [1.29, 1.82) is 0 Å². The Kier molecular flexibility index (Phi) is 6.42. The normalized spacial score (nSPS) is 10.2. The van der Waals surface area contributed by atoms with Gasteiger partial charge in [0.15, 0.2) is 0 Å². The molecule has 0 fully saturated rings. The highest BCUT2D eigenvalue weighted by Crippen LogP contribution is 2.17. The van der Waals surface area contributed by atoms with Crippen molar-refractivity contribution in [2.45, 2.75) is 13.3 Å². The number of carbonyl (C=O) groups is 2. The largest absolute Gasteiger partial charge is 0.473 e. The number of hydrogen-bond acceptors (Lipinski definition) is 3. The van der Waals surface area contributed by atoms with Crippen LogP contribution < -0.4 is 0 Å². The first kappa shape index (κ1) is 16.7. The molecule has 1 aromatic carbocycles. The van der Waals surface area contributed by atoms with Crippen LogP contribution in [0.15, 0.2) is 30.5 Å². The number of likely N-dealkylation sites (N-methyl/N-ethyl adjacent to an activating group) is 1. The molecule has 0 aliphatic carbocycles. The number of aliphatic carboxylic acids is 2. The van der Waals surface area contributed by atoms with Crippen LogP contribution in [0.25, 0.3) is 10.9 Å². The van der Waals surface area contributed by atoms with Gasteiger partial charge in [-0.05, 0) is 31.6 Å². The van der Waals surface area contributed by atoms with Crippen molar-refractivity contribution in [1.82, 2.24) is 9.88 Å². The molecule has 0 amide bonds. The van der Waals surface area contributed by atoms with Crippen LogP contribution in [0.2, 0.25) is 0 Å². The molecule has 1 heterocycles. The third-order valence-electron chi connectivity index (χ3n) is 3.16. The molecular formula is C15H20N2O4. The van der Waals surface area contributed by atoms with E-state index >= 15 is 0 Å². The van der Waals surface area contributed by atoms with Gasteiger partial charge in [0.1, 0.15) is 0 Å². The van der Waals surface area contributed by atoms with Crippen LogP contribution in [0.3, 0.4) is 0 Å². The van der Waals surface area contributed by atoms with Gasteiger partial charge in [0, 0.05) is 23.6 Å². The van der Waals surface area contributed by atoms with Gasteiger partial charge in [-0.2, -0.15) is 0 Å². The predicted molar refractivity (Wildman–Crippen MR) is 80.4 cm³/mol. The number of para-hydroxylation sites is 1. The molecule has 0 radical (unpaired) electrons. The molecule has 6 heteroatoms. The van der Waals surface area contributed by atoms with Crippen molar-refractivity contribution in [2.75, 3.05) is 20.1 Å². The quantitative estimate of drug-likeness (QED) is 0.747. The van der Waals surface area contributed by atoms with E-state index < -0.39 is 11.9 Å². The number of benzene rings is 1. The molecule has 2 aromatic rings. The SMILES string of the molecule is CCN(C)CCc1c[nH]c2ccccc12.O=C(O)C(=O)O. The Bertz CT molecular complexity index is 594. The zero-order valence-corrected chi connectivity index (χ0v) is 12.2. The summed E-state index contributed by atoms with van der Waals surface area (Å²) in [4.78, 5) is 23.8. The van der Waals surface area contributed by atoms with Crippen molar-refractivity contribution in [3.8, 4) is 0 Å². The molecule has 0 spiro atoms. The molecule has 2 rings (SSSR count). The van der Waals surface area contributed by atoms with Crippen LogP contribution in [0.5, 0.6) is 0 Å². The van der Waals surface area contributed by atoms with Gasteiger partial charge in [-0.25, -0.2) is 9.59 Å². The van der Waals surface area contributed by atoms with Gasteiger partial charge in [0.2, 0.25) is 0 Å². The zero-order valence-electron chi connectivity index (χ0n) is 12.2. The lowest BCUT2D eigenvalue weighted by atomic mass is 10.1. The van der Waals surface area contributed by atoms with Gasteiger partial charge in [0.05, 0.1) is 0 Å². The monoisotopic (exact) mass is 292 g/mol. The number of nitrogens with zero attached hydrogens (tertiary/aromatic N) is 1. The maximum absolute atomic E-state index is 9.10. The van der Waals surface area contributed by atoms with Crippen LogP contribution in [-0.2, 0) is 16.0 Å². The predicted octanol–water partition coefficient (Wildman–Crippen LogP) is 1.82. The molecule has 6 nitrogen and oxygen atoms in total. The average molecular weight is 292 g/mol. The highest BCUT2D eigenvalue weighted by Gasteiger charge is 2.04. The molecule has 1 aromatic heterocycles. The van der Waals surface area contributed by atoms with E-state index in [0.717, 1.165) is 19.5 Å². The van der Waals surface area contributed by atoms with Gasteiger partial charge in [0.25, 0.3) is 0 Å². The number of fused-ring (bicyclic) bond motifs is 1. The standard InChI is InChI=1S/C13H18N2.C2H2O4/c1-3-15(2)9-8-11-10-14-13-7-5-4-6-12(11)13;3-1(4)2(5)6/h4-7,10,14H,3,8-9H2,1-2H3;(H,3,4)(H,5,6). The van der Waals surface area contributed by atoms with E-state index in [1.54, 1.807) is 0 Å². The van der Waals surface area contributed by atoms with E-state index in [9.17, 15) is 0 Å². The fourth-order valence-corrected chi connectivity index (χ4v) is 1.81. The molecule has 0 bridgehead atoms. The second-order valence-corrected chi connectivity index (χ2v) is 4.62. The lowest BCUT2D eigenvalue weighted by molar-refractivity contribution is -0.159. The van der Waals surface area contributed by atoms with Gasteiger partial charge >= 0.3 is 11.9 Å². The summed E-state index contributed by atoms with van der Waals surface area (Å²) in [6.45, 7) is 4.43. The number of carboxylic acids is 2. The number of rotatable bonds is 4. The van der Waals surface area contributed by atoms with E-state index in [0.29, 0.717) is 0 Å². The topological polar surface area (TPSA) is 93.6 Å². The van der Waals surface area contributed by atoms with Crippen molar-refractivity contribution in [2.24, 2.45) is 0 Å². The van der Waals surface area contributed by atoms with Gasteiger partial charge < -0.3 is 20.1 Å². The Labute approximate surface area is 123 Å². The van der Waals surface area contributed by atoms with Crippen molar-refractivity contribution < 1.29 is 19.8 Å². The van der Waals surface area contributed by atoms with Gasteiger partial charge in [-0.3, -0.25) is 0 Å². The Morgan fingerprint density at radius 2 is 1.81 bits per heavy atom. The summed E-state index contributed by atoms with van der Waals surface area (Å²) in [5, 5.41) is 16.1. The third-order valence-corrected chi connectivity index (χ3v) is 3.16. The fourth-order valence-electron chi connectivity index (χ4n) is 1.81. The Hall–Kier alpha value is -2.34. The smallest absolute Gasteiger partial charge is 0.414 e. The summed E-state index contributed by atoms with van der Waals surface area (Å²) < 4.78 is 0. The van der Waals surface area contributed by atoms with E-state index in [4.69, 9.17) is 19.8 Å². The van der Waals surface area contributed by atoms with E-state index in [-0.39, 0.29) is 0 Å².